The van der Waals surface area contributed by atoms with Crippen LogP contribution in [0.15, 0.2) is 10.9 Å². The lowest BCUT2D eigenvalue weighted by Gasteiger charge is -2.21. The third-order valence-corrected chi connectivity index (χ3v) is 5.21. The minimum Gasteiger partial charge on any atom is -0.301 e. The number of nitrogens with zero attached hydrogens (tertiary/aromatic N) is 4. The Morgan fingerprint density at radius 1 is 1.36 bits per heavy atom. The maximum Gasteiger partial charge on any atom is 0.261 e. The molecular weight excluding hydrogens is 298 g/mol. The van der Waals surface area contributed by atoms with Gasteiger partial charge in [-0.1, -0.05) is 0 Å². The van der Waals surface area contributed by atoms with Gasteiger partial charge in [0.15, 0.2) is 0 Å². The van der Waals surface area contributed by atoms with Crippen LogP contribution in [0, 0.1) is 13.8 Å². The number of rotatable bonds is 1. The molecule has 7 heteroatoms. The molecule has 3 aromatic heterocycles. The molecule has 0 radical (unpaired) electrons. The summed E-state index contributed by atoms with van der Waals surface area (Å²) in [7, 11) is 2.10. The molecular formula is C15H17N5OS. The first-order chi connectivity index (χ1) is 10.5. The summed E-state index contributed by atoms with van der Waals surface area (Å²) in [4.78, 5) is 24.5. The van der Waals surface area contributed by atoms with E-state index in [4.69, 9.17) is 0 Å². The fraction of sp³-hybridized carbons (Fsp3) is 0.400. The number of thiophene rings is 1. The molecule has 0 spiro atoms. The number of aromatic amines is 1. The van der Waals surface area contributed by atoms with Gasteiger partial charge in [0.05, 0.1) is 11.1 Å². The highest BCUT2D eigenvalue weighted by Crippen LogP contribution is 2.32. The second-order valence-electron chi connectivity index (χ2n) is 5.90. The van der Waals surface area contributed by atoms with Gasteiger partial charge in [-0.15, -0.1) is 11.3 Å². The number of hydrogen-bond donors (Lipinski definition) is 1. The molecule has 0 amide bonds. The van der Waals surface area contributed by atoms with E-state index in [0.29, 0.717) is 5.95 Å². The van der Waals surface area contributed by atoms with Gasteiger partial charge in [-0.2, -0.15) is 5.10 Å². The van der Waals surface area contributed by atoms with Crippen LogP contribution in [0.25, 0.3) is 16.2 Å². The van der Waals surface area contributed by atoms with E-state index in [0.717, 1.165) is 41.1 Å². The van der Waals surface area contributed by atoms with Crippen molar-refractivity contribution < 1.29 is 0 Å². The van der Waals surface area contributed by atoms with Crippen LogP contribution in [0.1, 0.15) is 21.8 Å². The van der Waals surface area contributed by atoms with Crippen LogP contribution < -0.4 is 5.56 Å². The maximum atomic E-state index is 12.6. The lowest BCUT2D eigenvalue weighted by atomic mass is 10.1. The van der Waals surface area contributed by atoms with Gasteiger partial charge in [0.1, 0.15) is 4.83 Å². The van der Waals surface area contributed by atoms with Gasteiger partial charge in [0.2, 0.25) is 5.95 Å². The zero-order valence-electron chi connectivity index (χ0n) is 12.8. The maximum absolute atomic E-state index is 12.6. The van der Waals surface area contributed by atoms with Crippen LogP contribution >= 0.6 is 11.3 Å². The van der Waals surface area contributed by atoms with E-state index in [1.54, 1.807) is 16.0 Å². The first-order valence-electron chi connectivity index (χ1n) is 7.29. The minimum absolute atomic E-state index is 0.0605. The highest BCUT2D eigenvalue weighted by molar-refractivity contribution is 7.18. The van der Waals surface area contributed by atoms with Crippen LogP contribution in [-0.2, 0) is 13.0 Å². The minimum atomic E-state index is -0.0605. The molecule has 0 aliphatic carbocycles. The summed E-state index contributed by atoms with van der Waals surface area (Å²) >= 11 is 1.63. The zero-order chi connectivity index (χ0) is 15.4. The predicted octanol–water partition coefficient (Wildman–Crippen LogP) is 1.78. The fourth-order valence-corrected chi connectivity index (χ4v) is 4.36. The van der Waals surface area contributed by atoms with Crippen molar-refractivity contribution in [3.8, 4) is 5.95 Å². The van der Waals surface area contributed by atoms with Gasteiger partial charge in [-0.25, -0.2) is 9.67 Å². The summed E-state index contributed by atoms with van der Waals surface area (Å²) in [5.41, 5.74) is 2.98. The van der Waals surface area contributed by atoms with Crippen LogP contribution in [0.3, 0.4) is 0 Å². The van der Waals surface area contributed by atoms with Gasteiger partial charge >= 0.3 is 0 Å². The van der Waals surface area contributed by atoms with Crippen LogP contribution in [-0.4, -0.2) is 38.2 Å². The van der Waals surface area contributed by atoms with E-state index >= 15 is 0 Å². The Hall–Kier alpha value is -1.99. The third-order valence-electron chi connectivity index (χ3n) is 4.10. The molecule has 0 aromatic carbocycles. The van der Waals surface area contributed by atoms with Crippen molar-refractivity contribution in [1.82, 2.24) is 24.6 Å². The summed E-state index contributed by atoms with van der Waals surface area (Å²) in [6.07, 6.45) is 0.913. The lowest BCUT2D eigenvalue weighted by Crippen LogP contribution is -2.26. The molecule has 1 aliphatic rings. The average Bonchev–Trinajstić information content (AvgIpc) is 2.97. The van der Waals surface area contributed by atoms with E-state index in [9.17, 15) is 4.79 Å². The van der Waals surface area contributed by atoms with Crippen molar-refractivity contribution in [2.75, 3.05) is 13.6 Å². The lowest BCUT2D eigenvalue weighted by molar-refractivity contribution is 0.318. The molecule has 6 nitrogen and oxygen atoms in total. The average molecular weight is 315 g/mol. The molecule has 0 atom stereocenters. The summed E-state index contributed by atoms with van der Waals surface area (Å²) < 4.78 is 1.70. The van der Waals surface area contributed by atoms with Crippen LogP contribution in [0.5, 0.6) is 0 Å². The van der Waals surface area contributed by atoms with E-state index < -0.39 is 0 Å². The third kappa shape index (κ3) is 2.00. The predicted molar refractivity (Wildman–Crippen MR) is 86.9 cm³/mol. The SMILES string of the molecule is Cc1cc(C)n(-c2nc3sc4c(c3c(=O)[nH]2)CCN(C)C4)n1. The second-order valence-corrected chi connectivity index (χ2v) is 6.98. The van der Waals surface area contributed by atoms with E-state index in [1.165, 1.54) is 10.4 Å². The van der Waals surface area contributed by atoms with Gasteiger partial charge in [-0.3, -0.25) is 9.78 Å². The molecule has 0 fully saturated rings. The Labute approximate surface area is 131 Å². The molecule has 4 rings (SSSR count). The number of nitrogens with one attached hydrogen (secondary N) is 1. The monoisotopic (exact) mass is 315 g/mol. The number of likely N-dealkylation sites (N-methyl/N-ethyl adjacent to an activating group) is 1. The Balaban J connectivity index is 1.94. The molecule has 0 unspecified atom stereocenters. The van der Waals surface area contributed by atoms with Crippen molar-refractivity contribution in [2.45, 2.75) is 26.8 Å². The highest BCUT2D eigenvalue weighted by Gasteiger charge is 2.22. The topological polar surface area (TPSA) is 66.8 Å². The Morgan fingerprint density at radius 3 is 2.91 bits per heavy atom. The zero-order valence-corrected chi connectivity index (χ0v) is 13.6. The quantitative estimate of drug-likeness (QED) is 0.743. The van der Waals surface area contributed by atoms with Crippen LogP contribution in [0.4, 0.5) is 0 Å². The van der Waals surface area contributed by atoms with Gasteiger partial charge in [0, 0.05) is 23.7 Å². The van der Waals surface area contributed by atoms with E-state index in [2.05, 4.69) is 27.0 Å². The number of H-pyrrole nitrogens is 1. The van der Waals surface area contributed by atoms with Gasteiger partial charge < -0.3 is 4.90 Å². The summed E-state index contributed by atoms with van der Waals surface area (Å²) in [6, 6.07) is 1.97. The molecule has 1 N–H and O–H groups in total. The molecule has 4 heterocycles. The number of aromatic nitrogens is 4. The van der Waals surface area contributed by atoms with Gasteiger partial charge in [-0.05, 0) is 38.9 Å². The largest absolute Gasteiger partial charge is 0.301 e. The first-order valence-corrected chi connectivity index (χ1v) is 8.11. The van der Waals surface area contributed by atoms with Crippen molar-refractivity contribution >= 4 is 21.6 Å². The van der Waals surface area contributed by atoms with Crippen molar-refractivity contribution in [3.63, 3.8) is 0 Å². The van der Waals surface area contributed by atoms with Gasteiger partial charge in [0.25, 0.3) is 5.56 Å². The van der Waals surface area contributed by atoms with E-state index in [1.807, 2.05) is 19.9 Å². The Kier molecular flexibility index (Phi) is 2.95. The Bertz CT molecular complexity index is 935. The summed E-state index contributed by atoms with van der Waals surface area (Å²) in [6.45, 7) is 5.76. The number of aryl methyl sites for hydroxylation is 2. The fourth-order valence-electron chi connectivity index (χ4n) is 3.06. The van der Waals surface area contributed by atoms with Crippen molar-refractivity contribution in [1.29, 1.82) is 0 Å². The molecule has 1 aliphatic heterocycles. The number of hydrogen-bond acceptors (Lipinski definition) is 5. The van der Waals surface area contributed by atoms with E-state index in [-0.39, 0.29) is 5.56 Å². The summed E-state index contributed by atoms with van der Waals surface area (Å²) in [5, 5.41) is 5.17. The Morgan fingerprint density at radius 2 is 2.18 bits per heavy atom. The highest BCUT2D eigenvalue weighted by atomic mass is 32.1. The standard InChI is InChI=1S/C15H17N5OS/c1-8-6-9(2)20(18-8)15-16-13(21)12-10-4-5-19(3)7-11(10)22-14(12)17-15/h6H,4-5,7H2,1-3H3,(H,16,17,21). The molecule has 0 saturated heterocycles. The smallest absolute Gasteiger partial charge is 0.261 e. The second kappa shape index (κ2) is 4.76. The van der Waals surface area contributed by atoms with Crippen molar-refractivity contribution in [3.05, 3.63) is 38.2 Å². The number of fused-ring (bicyclic) bond motifs is 3. The summed E-state index contributed by atoms with van der Waals surface area (Å²) in [5.74, 6) is 0.495. The van der Waals surface area contributed by atoms with Crippen molar-refractivity contribution in [2.24, 2.45) is 0 Å². The normalized spacial score (nSPS) is 15.4. The van der Waals surface area contributed by atoms with Crippen LogP contribution in [0.2, 0.25) is 0 Å². The molecule has 22 heavy (non-hydrogen) atoms. The molecule has 114 valence electrons. The molecule has 0 bridgehead atoms. The molecule has 0 saturated carbocycles. The molecule has 3 aromatic rings. The first kappa shape index (κ1) is 13.7.